The first kappa shape index (κ1) is 8.01. The number of carbonyl (C=O) groups excluding carboxylic acids is 1. The van der Waals surface area contributed by atoms with Crippen LogP contribution in [0.1, 0.15) is 13.3 Å². The van der Waals surface area contributed by atoms with Crippen molar-refractivity contribution < 1.29 is 9.53 Å². The maximum absolute atomic E-state index is 10.6. The Labute approximate surface area is 54.5 Å². The van der Waals surface area contributed by atoms with Gasteiger partial charge in [-0.15, -0.1) is 0 Å². The van der Waals surface area contributed by atoms with Gasteiger partial charge in [-0.25, -0.2) is 4.79 Å². The van der Waals surface area contributed by atoms with Gasteiger partial charge in [0.15, 0.2) is 0 Å². The summed E-state index contributed by atoms with van der Waals surface area (Å²) in [5.74, 6) is -0.347. The molecule has 2 N–H and O–H groups in total. The van der Waals surface area contributed by atoms with Crippen LogP contribution in [0.4, 0.5) is 0 Å². The molecule has 0 heterocycles. The molecule has 0 rings (SSSR count). The number of esters is 1. The number of hydrogen-bond donors (Lipinski definition) is 1. The van der Waals surface area contributed by atoms with E-state index < -0.39 is 0 Å². The highest BCUT2D eigenvalue weighted by Crippen LogP contribution is 1.98. The van der Waals surface area contributed by atoms with Crippen LogP contribution in [0.5, 0.6) is 0 Å². The normalized spacial score (nSPS) is 11.1. The third-order valence-corrected chi connectivity index (χ3v) is 1.03. The van der Waals surface area contributed by atoms with Crippen molar-refractivity contribution in [2.24, 2.45) is 5.73 Å². The molecular formula is C6H11NO2. The van der Waals surface area contributed by atoms with Crippen molar-refractivity contribution in [1.82, 2.24) is 0 Å². The van der Waals surface area contributed by atoms with E-state index in [0.29, 0.717) is 12.0 Å². The summed E-state index contributed by atoms with van der Waals surface area (Å²) in [6.07, 6.45) is 1.88. The maximum atomic E-state index is 10.6. The van der Waals surface area contributed by atoms with Crippen molar-refractivity contribution in [3.8, 4) is 0 Å². The van der Waals surface area contributed by atoms with E-state index in [4.69, 9.17) is 5.73 Å². The zero-order chi connectivity index (χ0) is 7.28. The van der Waals surface area contributed by atoms with Gasteiger partial charge < -0.3 is 10.5 Å². The summed E-state index contributed by atoms with van der Waals surface area (Å²) in [5, 5.41) is 0. The molecule has 0 fully saturated rings. The van der Waals surface area contributed by atoms with Crippen LogP contribution in [0.15, 0.2) is 11.8 Å². The molecule has 0 aromatic heterocycles. The molecule has 52 valence electrons. The minimum absolute atomic E-state index is 0.347. The SMILES string of the molecule is CC/C(=C\N)C(=O)OC. The summed E-state index contributed by atoms with van der Waals surface area (Å²) in [4.78, 5) is 10.6. The first-order chi connectivity index (χ1) is 4.26. The fourth-order valence-electron chi connectivity index (χ4n) is 0.461. The van der Waals surface area contributed by atoms with Crippen LogP contribution in [-0.2, 0) is 9.53 Å². The Bertz CT molecular complexity index is 129. The largest absolute Gasteiger partial charge is 0.466 e. The third-order valence-electron chi connectivity index (χ3n) is 1.03. The summed E-state index contributed by atoms with van der Waals surface area (Å²) < 4.78 is 4.41. The van der Waals surface area contributed by atoms with Gasteiger partial charge in [0.2, 0.25) is 0 Å². The number of rotatable bonds is 2. The highest BCUT2D eigenvalue weighted by atomic mass is 16.5. The molecule has 3 nitrogen and oxygen atoms in total. The Hall–Kier alpha value is -0.990. The van der Waals surface area contributed by atoms with Crippen molar-refractivity contribution in [1.29, 1.82) is 0 Å². The summed E-state index contributed by atoms with van der Waals surface area (Å²) in [5.41, 5.74) is 5.61. The molecule has 3 heteroatoms. The Morgan fingerprint density at radius 1 is 1.78 bits per heavy atom. The van der Waals surface area contributed by atoms with Crippen LogP contribution in [0.2, 0.25) is 0 Å². The zero-order valence-electron chi connectivity index (χ0n) is 5.68. The van der Waals surface area contributed by atoms with E-state index >= 15 is 0 Å². The second kappa shape index (κ2) is 3.95. The third kappa shape index (κ3) is 2.17. The molecule has 9 heavy (non-hydrogen) atoms. The maximum Gasteiger partial charge on any atom is 0.335 e. The van der Waals surface area contributed by atoms with Gasteiger partial charge in [0.05, 0.1) is 12.7 Å². The monoisotopic (exact) mass is 129 g/mol. The summed E-state index contributed by atoms with van der Waals surface area (Å²) >= 11 is 0. The van der Waals surface area contributed by atoms with E-state index in [1.807, 2.05) is 6.92 Å². The molecule has 0 amide bonds. The van der Waals surface area contributed by atoms with E-state index in [1.54, 1.807) is 0 Å². The van der Waals surface area contributed by atoms with Crippen molar-refractivity contribution in [2.75, 3.05) is 7.11 Å². The van der Waals surface area contributed by atoms with E-state index in [1.165, 1.54) is 13.3 Å². The second-order valence-electron chi connectivity index (χ2n) is 1.54. The molecule has 0 saturated carbocycles. The highest BCUT2D eigenvalue weighted by Gasteiger charge is 2.03. The molecule has 0 saturated heterocycles. The molecule has 0 aliphatic carbocycles. The molecule has 0 radical (unpaired) electrons. The lowest BCUT2D eigenvalue weighted by Gasteiger charge is -1.97. The van der Waals surface area contributed by atoms with E-state index in [-0.39, 0.29) is 5.97 Å². The van der Waals surface area contributed by atoms with E-state index in [9.17, 15) is 4.79 Å². The first-order valence-electron chi connectivity index (χ1n) is 2.75. The predicted molar refractivity (Wildman–Crippen MR) is 34.6 cm³/mol. The number of nitrogens with two attached hydrogens (primary N) is 1. The fourth-order valence-corrected chi connectivity index (χ4v) is 0.461. The smallest absolute Gasteiger partial charge is 0.335 e. The fraction of sp³-hybridized carbons (Fsp3) is 0.500. The lowest BCUT2D eigenvalue weighted by Crippen LogP contribution is -2.05. The van der Waals surface area contributed by atoms with Crippen LogP contribution < -0.4 is 5.73 Å². The van der Waals surface area contributed by atoms with Gasteiger partial charge in [0, 0.05) is 6.20 Å². The standard InChI is InChI=1S/C6H11NO2/c1-3-5(4-7)6(8)9-2/h4H,3,7H2,1-2H3/b5-4+. The molecule has 0 aliphatic rings. The predicted octanol–water partition coefficient (Wildman–Crippen LogP) is 0.412. The number of carbonyl (C=O) groups is 1. The lowest BCUT2D eigenvalue weighted by atomic mass is 10.2. The molecular weight excluding hydrogens is 118 g/mol. The topological polar surface area (TPSA) is 52.3 Å². The Morgan fingerprint density at radius 3 is 2.44 bits per heavy atom. The van der Waals surface area contributed by atoms with Crippen molar-refractivity contribution in [3.05, 3.63) is 11.8 Å². The van der Waals surface area contributed by atoms with Crippen molar-refractivity contribution in [3.63, 3.8) is 0 Å². The summed E-state index contributed by atoms with van der Waals surface area (Å²) in [7, 11) is 1.33. The average molecular weight is 129 g/mol. The van der Waals surface area contributed by atoms with Crippen LogP contribution >= 0.6 is 0 Å². The van der Waals surface area contributed by atoms with Gasteiger partial charge in [0.25, 0.3) is 0 Å². The minimum atomic E-state index is -0.347. The minimum Gasteiger partial charge on any atom is -0.466 e. The average Bonchev–Trinajstić information content (AvgIpc) is 1.90. The first-order valence-corrected chi connectivity index (χ1v) is 2.75. The Morgan fingerprint density at radius 2 is 2.33 bits per heavy atom. The molecule has 0 bridgehead atoms. The van der Waals surface area contributed by atoms with Gasteiger partial charge in [-0.05, 0) is 6.42 Å². The van der Waals surface area contributed by atoms with Gasteiger partial charge in [-0.1, -0.05) is 6.92 Å². The van der Waals surface area contributed by atoms with Crippen LogP contribution in [0.25, 0.3) is 0 Å². The van der Waals surface area contributed by atoms with Crippen molar-refractivity contribution >= 4 is 5.97 Å². The number of ether oxygens (including phenoxy) is 1. The summed E-state index contributed by atoms with van der Waals surface area (Å²) in [6.45, 7) is 1.84. The molecule has 0 aromatic carbocycles. The molecule has 0 unspecified atom stereocenters. The van der Waals surface area contributed by atoms with Crippen LogP contribution in [0.3, 0.4) is 0 Å². The van der Waals surface area contributed by atoms with Gasteiger partial charge >= 0.3 is 5.97 Å². The van der Waals surface area contributed by atoms with Crippen LogP contribution in [-0.4, -0.2) is 13.1 Å². The molecule has 0 atom stereocenters. The highest BCUT2D eigenvalue weighted by molar-refractivity contribution is 5.87. The van der Waals surface area contributed by atoms with E-state index in [2.05, 4.69) is 4.74 Å². The number of methoxy groups -OCH3 is 1. The lowest BCUT2D eigenvalue weighted by molar-refractivity contribution is -0.136. The van der Waals surface area contributed by atoms with Gasteiger partial charge in [0.1, 0.15) is 0 Å². The van der Waals surface area contributed by atoms with Crippen molar-refractivity contribution in [2.45, 2.75) is 13.3 Å². The van der Waals surface area contributed by atoms with E-state index in [0.717, 1.165) is 0 Å². The second-order valence-corrected chi connectivity index (χ2v) is 1.54. The summed E-state index contributed by atoms with van der Waals surface area (Å²) in [6, 6.07) is 0. The van der Waals surface area contributed by atoms with Gasteiger partial charge in [-0.2, -0.15) is 0 Å². The Balaban J connectivity index is 3.97. The molecule has 0 spiro atoms. The van der Waals surface area contributed by atoms with Gasteiger partial charge in [-0.3, -0.25) is 0 Å². The Kier molecular flexibility index (Phi) is 3.51. The molecule has 0 aliphatic heterocycles. The quantitative estimate of drug-likeness (QED) is 0.434. The zero-order valence-corrected chi connectivity index (χ0v) is 5.68. The molecule has 0 aromatic rings. The van der Waals surface area contributed by atoms with Crippen LogP contribution in [0, 0.1) is 0 Å². The number of hydrogen-bond acceptors (Lipinski definition) is 3.